The largest absolute Gasteiger partial charge is 0.0714 e. The monoisotopic (exact) mass is 786 g/mol. The van der Waals surface area contributed by atoms with Crippen LogP contribution in [0, 0.1) is 0 Å². The van der Waals surface area contributed by atoms with E-state index in [9.17, 15) is 0 Å². The molecule has 0 atom stereocenters. The van der Waals surface area contributed by atoms with E-state index in [1.54, 1.807) is 11.1 Å². The molecule has 0 aromatic heterocycles. The predicted octanol–water partition coefficient (Wildman–Crippen LogP) is 15.3. The fourth-order valence-corrected chi connectivity index (χ4v) is 10.3. The lowest BCUT2D eigenvalue weighted by molar-refractivity contribution is 0.398. The van der Waals surface area contributed by atoms with E-state index in [1.165, 1.54) is 134 Å². The molecule has 0 amide bonds. The second-order valence-corrected chi connectivity index (χ2v) is 16.8. The highest BCUT2D eigenvalue weighted by atomic mass is 79.9. The van der Waals surface area contributed by atoms with Gasteiger partial charge in [-0.3, -0.25) is 0 Å². The predicted molar refractivity (Wildman–Crippen MR) is 221 cm³/mol. The highest BCUT2D eigenvalue weighted by molar-refractivity contribution is 9.10. The van der Waals surface area contributed by atoms with Gasteiger partial charge in [0.05, 0.1) is 5.41 Å². The molecular formula is C48H52Br2. The van der Waals surface area contributed by atoms with Crippen molar-refractivity contribution in [1.29, 1.82) is 0 Å². The van der Waals surface area contributed by atoms with E-state index in [4.69, 9.17) is 0 Å². The molecule has 0 bridgehead atoms. The summed E-state index contributed by atoms with van der Waals surface area (Å²) >= 11 is 7.73. The quantitative estimate of drug-likeness (QED) is 0.0857. The maximum atomic E-state index is 3.86. The Bertz CT molecular complexity index is 1870. The average Bonchev–Trinajstić information content (AvgIpc) is 3.58. The molecule has 0 radical (unpaired) electrons. The molecule has 0 nitrogen and oxygen atoms in total. The van der Waals surface area contributed by atoms with Gasteiger partial charge in [-0.15, -0.1) is 0 Å². The van der Waals surface area contributed by atoms with Crippen LogP contribution >= 0.6 is 31.9 Å². The van der Waals surface area contributed by atoms with Crippen LogP contribution in [0.2, 0.25) is 0 Å². The number of benzene rings is 5. The molecule has 5 aromatic rings. The molecule has 2 aliphatic rings. The molecule has 0 fully saturated rings. The summed E-state index contributed by atoms with van der Waals surface area (Å²) in [6.45, 7) is 4.64. The van der Waals surface area contributed by atoms with Gasteiger partial charge in [0.25, 0.3) is 0 Å². The van der Waals surface area contributed by atoms with E-state index in [2.05, 4.69) is 155 Å². The Balaban J connectivity index is 1.43. The summed E-state index contributed by atoms with van der Waals surface area (Å²) in [5, 5.41) is 0. The number of fused-ring (bicyclic) bond motifs is 6. The van der Waals surface area contributed by atoms with Crippen LogP contribution in [0.15, 0.2) is 118 Å². The average molecular weight is 789 g/mol. The summed E-state index contributed by atoms with van der Waals surface area (Å²) < 4.78 is 2.22. The van der Waals surface area contributed by atoms with Crippen molar-refractivity contribution in [3.63, 3.8) is 0 Å². The summed E-state index contributed by atoms with van der Waals surface area (Å²) in [6.07, 6.45) is 18.5. The summed E-state index contributed by atoms with van der Waals surface area (Å²) in [5.74, 6) is 0. The van der Waals surface area contributed by atoms with E-state index >= 15 is 0 Å². The topological polar surface area (TPSA) is 0 Å². The normalized spacial score (nSPS) is 14.6. The number of hydrogen-bond donors (Lipinski definition) is 0. The van der Waals surface area contributed by atoms with Gasteiger partial charge in [0.2, 0.25) is 0 Å². The van der Waals surface area contributed by atoms with Crippen LogP contribution in [0.1, 0.15) is 137 Å². The minimum Gasteiger partial charge on any atom is -0.0654 e. The van der Waals surface area contributed by atoms with Gasteiger partial charge in [-0.1, -0.05) is 196 Å². The smallest absolute Gasteiger partial charge is 0.0654 e. The molecule has 50 heavy (non-hydrogen) atoms. The molecule has 258 valence electrons. The third-order valence-electron chi connectivity index (χ3n) is 11.9. The maximum Gasteiger partial charge on any atom is 0.0714 e. The van der Waals surface area contributed by atoms with Crippen molar-refractivity contribution >= 4 is 31.9 Å². The van der Waals surface area contributed by atoms with Gasteiger partial charge in [-0.2, -0.15) is 0 Å². The fourth-order valence-electron chi connectivity index (χ4n) is 9.53. The molecule has 0 spiro atoms. The molecule has 5 aromatic carbocycles. The fraction of sp³-hybridized carbons (Fsp3) is 0.375. The van der Waals surface area contributed by atoms with Gasteiger partial charge in [0.15, 0.2) is 0 Å². The van der Waals surface area contributed by atoms with Crippen LogP contribution < -0.4 is 0 Å². The van der Waals surface area contributed by atoms with Gasteiger partial charge >= 0.3 is 0 Å². The second kappa shape index (κ2) is 15.7. The standard InChI is InChI=1S/C48H52Br2/c1-3-5-7-9-11-17-29-47(30-18-12-10-8-6-4-2)43-27-15-13-25-39(43)41-34-46-42(33-45(41)47)40-26-14-16-28-44(40)48(46,35-21-19-23-37(49)31-35)36-22-20-24-38(50)32-36/h13-16,19-28,31-34H,3-12,17-18,29-30H2,1-2H3. The van der Waals surface area contributed by atoms with Gasteiger partial charge in [0.1, 0.15) is 0 Å². The summed E-state index contributed by atoms with van der Waals surface area (Å²) in [7, 11) is 0. The van der Waals surface area contributed by atoms with Gasteiger partial charge < -0.3 is 0 Å². The van der Waals surface area contributed by atoms with E-state index in [0.717, 1.165) is 8.95 Å². The van der Waals surface area contributed by atoms with Crippen LogP contribution in [-0.2, 0) is 10.8 Å². The molecule has 7 rings (SSSR count). The van der Waals surface area contributed by atoms with Crippen molar-refractivity contribution in [1.82, 2.24) is 0 Å². The zero-order chi connectivity index (χ0) is 34.6. The Kier molecular flexibility index (Phi) is 11.2. The van der Waals surface area contributed by atoms with Crippen LogP contribution in [0.25, 0.3) is 22.3 Å². The van der Waals surface area contributed by atoms with Crippen LogP contribution in [0.5, 0.6) is 0 Å². The third kappa shape index (κ3) is 6.38. The van der Waals surface area contributed by atoms with Crippen molar-refractivity contribution in [2.24, 2.45) is 0 Å². The highest BCUT2D eigenvalue weighted by Crippen LogP contribution is 2.62. The summed E-state index contributed by atoms with van der Waals surface area (Å²) in [5.41, 5.74) is 13.8. The Hall–Kier alpha value is -2.94. The molecule has 0 saturated carbocycles. The Morgan fingerprint density at radius 2 is 0.860 bits per heavy atom. The number of halogens is 2. The van der Waals surface area contributed by atoms with Crippen molar-refractivity contribution in [3.05, 3.63) is 152 Å². The molecule has 0 saturated heterocycles. The third-order valence-corrected chi connectivity index (χ3v) is 12.8. The first kappa shape index (κ1) is 35.5. The molecule has 0 unspecified atom stereocenters. The van der Waals surface area contributed by atoms with Gasteiger partial charge in [0, 0.05) is 14.4 Å². The molecule has 2 aliphatic carbocycles. The van der Waals surface area contributed by atoms with Crippen molar-refractivity contribution in [2.45, 2.75) is 115 Å². The summed E-state index contributed by atoms with van der Waals surface area (Å²) in [4.78, 5) is 0. The van der Waals surface area contributed by atoms with E-state index < -0.39 is 5.41 Å². The van der Waals surface area contributed by atoms with Crippen LogP contribution in [-0.4, -0.2) is 0 Å². The number of rotatable bonds is 16. The van der Waals surface area contributed by atoms with Crippen LogP contribution in [0.3, 0.4) is 0 Å². The molecule has 0 heterocycles. The van der Waals surface area contributed by atoms with E-state index in [0.29, 0.717) is 0 Å². The van der Waals surface area contributed by atoms with Gasteiger partial charge in [-0.05, 0) is 105 Å². The Morgan fingerprint density at radius 1 is 0.400 bits per heavy atom. The lowest BCUT2D eigenvalue weighted by Gasteiger charge is -2.35. The summed E-state index contributed by atoms with van der Waals surface area (Å²) in [6, 6.07) is 42.1. The molecule has 2 heteroatoms. The second-order valence-electron chi connectivity index (χ2n) is 14.9. The zero-order valence-corrected chi connectivity index (χ0v) is 33.2. The van der Waals surface area contributed by atoms with E-state index in [1.807, 2.05) is 0 Å². The van der Waals surface area contributed by atoms with Crippen molar-refractivity contribution in [3.8, 4) is 22.3 Å². The minimum atomic E-state index is -0.437. The lowest BCUT2D eigenvalue weighted by atomic mass is 9.66. The van der Waals surface area contributed by atoms with Crippen LogP contribution in [0.4, 0.5) is 0 Å². The highest BCUT2D eigenvalue weighted by Gasteiger charge is 2.49. The van der Waals surface area contributed by atoms with Crippen molar-refractivity contribution < 1.29 is 0 Å². The minimum absolute atomic E-state index is 0.0578. The first-order chi connectivity index (χ1) is 24.5. The first-order valence-corrected chi connectivity index (χ1v) is 21.0. The number of hydrogen-bond acceptors (Lipinski definition) is 0. The molecule has 0 N–H and O–H groups in total. The van der Waals surface area contributed by atoms with Gasteiger partial charge in [-0.25, -0.2) is 0 Å². The Labute approximate surface area is 318 Å². The lowest BCUT2D eigenvalue weighted by Crippen LogP contribution is -2.29. The zero-order valence-electron chi connectivity index (χ0n) is 30.0. The Morgan fingerprint density at radius 3 is 1.42 bits per heavy atom. The molecular weight excluding hydrogens is 736 g/mol. The maximum absolute atomic E-state index is 3.86. The molecule has 0 aliphatic heterocycles. The SMILES string of the molecule is CCCCCCCCC1(CCCCCCCC)c2ccccc2-c2cc3c(cc21)-c1ccccc1C3(c1cccc(Br)c1)c1cccc(Br)c1. The van der Waals surface area contributed by atoms with Crippen molar-refractivity contribution in [2.75, 3.05) is 0 Å². The van der Waals surface area contributed by atoms with E-state index in [-0.39, 0.29) is 5.41 Å². The number of unbranched alkanes of at least 4 members (excludes halogenated alkanes) is 10. The first-order valence-electron chi connectivity index (χ1n) is 19.5.